The summed E-state index contributed by atoms with van der Waals surface area (Å²) < 4.78 is 40.2. The minimum atomic E-state index is -0.857. The molecule has 0 aliphatic heterocycles. The molecule has 18 heavy (non-hydrogen) atoms. The molecule has 0 radical (unpaired) electrons. The minimum absolute atomic E-state index is 0.0524. The van der Waals surface area contributed by atoms with Crippen molar-refractivity contribution < 1.29 is 13.2 Å². The Morgan fingerprint density at radius 1 is 1.06 bits per heavy atom. The fraction of sp³-hybridized carbons (Fsp3) is 0.467. The van der Waals surface area contributed by atoms with Crippen molar-refractivity contribution in [3.8, 4) is 0 Å². The van der Waals surface area contributed by atoms with Gasteiger partial charge in [-0.1, -0.05) is 12.2 Å². The Hall–Kier alpha value is -1.25. The molecule has 1 aliphatic rings. The highest BCUT2D eigenvalue weighted by Gasteiger charge is 2.27. The van der Waals surface area contributed by atoms with Crippen molar-refractivity contribution in [2.75, 3.05) is 0 Å². The molecule has 0 heterocycles. The van der Waals surface area contributed by atoms with Crippen molar-refractivity contribution in [3.63, 3.8) is 0 Å². The second-order valence-corrected chi connectivity index (χ2v) is 5.18. The topological polar surface area (TPSA) is 0 Å². The summed E-state index contributed by atoms with van der Waals surface area (Å²) in [5, 5.41) is 0. The van der Waals surface area contributed by atoms with Crippen LogP contribution in [-0.2, 0) is 0 Å². The molecule has 0 N–H and O–H groups in total. The third-order valence-corrected chi connectivity index (χ3v) is 3.88. The molecule has 0 saturated heterocycles. The third kappa shape index (κ3) is 2.60. The van der Waals surface area contributed by atoms with Gasteiger partial charge in [-0.05, 0) is 44.4 Å². The molecule has 0 amide bonds. The molecule has 0 bridgehead atoms. The second kappa shape index (κ2) is 5.17. The Morgan fingerprint density at radius 2 is 1.56 bits per heavy atom. The number of hydrogen-bond acceptors (Lipinski definition) is 0. The molecule has 0 unspecified atom stereocenters. The van der Waals surface area contributed by atoms with Crippen LogP contribution in [0.2, 0.25) is 0 Å². The van der Waals surface area contributed by atoms with E-state index in [1.807, 2.05) is 6.92 Å². The van der Waals surface area contributed by atoms with Crippen LogP contribution in [0.3, 0.4) is 0 Å². The SMILES string of the molecule is C=C(C)C1CCC(c2c(F)cc(F)cc2F)CC1. The molecule has 0 atom stereocenters. The smallest absolute Gasteiger partial charge is 0.132 e. The van der Waals surface area contributed by atoms with E-state index in [4.69, 9.17) is 0 Å². The number of benzene rings is 1. The van der Waals surface area contributed by atoms with Gasteiger partial charge in [-0.15, -0.1) is 0 Å². The molecule has 0 nitrogen and oxygen atoms in total. The quantitative estimate of drug-likeness (QED) is 0.655. The highest BCUT2D eigenvalue weighted by Crippen LogP contribution is 2.39. The van der Waals surface area contributed by atoms with Crippen molar-refractivity contribution >= 4 is 0 Å². The fourth-order valence-electron chi connectivity index (χ4n) is 2.82. The Morgan fingerprint density at radius 3 is 2.00 bits per heavy atom. The van der Waals surface area contributed by atoms with E-state index < -0.39 is 17.5 Å². The maximum absolute atomic E-state index is 13.7. The first-order valence-corrected chi connectivity index (χ1v) is 6.29. The maximum Gasteiger partial charge on any atom is 0.132 e. The molecule has 0 spiro atoms. The van der Waals surface area contributed by atoms with Gasteiger partial charge in [0.15, 0.2) is 0 Å². The second-order valence-electron chi connectivity index (χ2n) is 5.18. The van der Waals surface area contributed by atoms with E-state index >= 15 is 0 Å². The summed E-state index contributed by atoms with van der Waals surface area (Å²) in [5.41, 5.74) is 1.19. The summed E-state index contributed by atoms with van der Waals surface area (Å²) in [7, 11) is 0. The van der Waals surface area contributed by atoms with Crippen LogP contribution in [0.25, 0.3) is 0 Å². The minimum Gasteiger partial charge on any atom is -0.207 e. The largest absolute Gasteiger partial charge is 0.207 e. The Kier molecular flexibility index (Phi) is 3.79. The van der Waals surface area contributed by atoms with Gasteiger partial charge in [0.1, 0.15) is 17.5 Å². The Bertz CT molecular complexity index is 434. The van der Waals surface area contributed by atoms with Crippen molar-refractivity contribution in [1.29, 1.82) is 0 Å². The van der Waals surface area contributed by atoms with Crippen LogP contribution in [0.4, 0.5) is 13.2 Å². The van der Waals surface area contributed by atoms with E-state index in [0.29, 0.717) is 5.92 Å². The normalized spacial score (nSPS) is 24.0. The molecular formula is C15H17F3. The molecule has 3 heteroatoms. The highest BCUT2D eigenvalue weighted by atomic mass is 19.1. The summed E-state index contributed by atoms with van der Waals surface area (Å²) in [6.07, 6.45) is 3.26. The lowest BCUT2D eigenvalue weighted by Gasteiger charge is -2.29. The van der Waals surface area contributed by atoms with E-state index in [0.717, 1.165) is 43.4 Å². The van der Waals surface area contributed by atoms with E-state index in [2.05, 4.69) is 6.58 Å². The predicted molar refractivity (Wildman–Crippen MR) is 65.8 cm³/mol. The van der Waals surface area contributed by atoms with Gasteiger partial charge in [0.2, 0.25) is 0 Å². The monoisotopic (exact) mass is 254 g/mol. The maximum atomic E-state index is 13.7. The summed E-state index contributed by atoms with van der Waals surface area (Å²) in [5.74, 6) is -2.06. The van der Waals surface area contributed by atoms with Crippen LogP contribution < -0.4 is 0 Å². The Balaban J connectivity index is 2.17. The van der Waals surface area contributed by atoms with Crippen molar-refractivity contribution in [3.05, 3.63) is 47.3 Å². The van der Waals surface area contributed by atoms with Gasteiger partial charge in [0.25, 0.3) is 0 Å². The molecule has 0 aromatic heterocycles. The average molecular weight is 254 g/mol. The first-order valence-electron chi connectivity index (χ1n) is 6.29. The molecule has 1 fully saturated rings. The van der Waals surface area contributed by atoms with Crippen molar-refractivity contribution in [1.82, 2.24) is 0 Å². The van der Waals surface area contributed by atoms with Gasteiger partial charge in [0, 0.05) is 17.7 Å². The zero-order chi connectivity index (χ0) is 13.3. The van der Waals surface area contributed by atoms with Crippen LogP contribution in [0.5, 0.6) is 0 Å². The highest BCUT2D eigenvalue weighted by molar-refractivity contribution is 5.25. The van der Waals surface area contributed by atoms with Crippen LogP contribution in [0.15, 0.2) is 24.3 Å². The molecular weight excluding hydrogens is 237 g/mol. The first kappa shape index (κ1) is 13.2. The first-order chi connectivity index (χ1) is 8.49. The van der Waals surface area contributed by atoms with Gasteiger partial charge in [-0.2, -0.15) is 0 Å². The summed E-state index contributed by atoms with van der Waals surface area (Å²) in [4.78, 5) is 0. The summed E-state index contributed by atoms with van der Waals surface area (Å²) in [6.45, 7) is 5.92. The molecule has 2 rings (SSSR count). The zero-order valence-corrected chi connectivity index (χ0v) is 10.5. The van der Waals surface area contributed by atoms with E-state index in [1.165, 1.54) is 0 Å². The lowest BCUT2D eigenvalue weighted by Crippen LogP contribution is -2.16. The molecule has 98 valence electrons. The molecule has 1 aromatic carbocycles. The summed E-state index contributed by atoms with van der Waals surface area (Å²) in [6, 6.07) is 1.53. The van der Waals surface area contributed by atoms with Crippen molar-refractivity contribution in [2.45, 2.75) is 38.5 Å². The predicted octanol–water partition coefficient (Wildman–Crippen LogP) is 4.95. The van der Waals surface area contributed by atoms with E-state index in [1.54, 1.807) is 0 Å². The molecule has 1 saturated carbocycles. The van der Waals surface area contributed by atoms with E-state index in [-0.39, 0.29) is 11.5 Å². The zero-order valence-electron chi connectivity index (χ0n) is 10.5. The average Bonchev–Trinajstić information content (AvgIpc) is 2.28. The molecule has 1 aromatic rings. The van der Waals surface area contributed by atoms with Crippen LogP contribution in [0, 0.1) is 23.4 Å². The fourth-order valence-corrected chi connectivity index (χ4v) is 2.82. The lowest BCUT2D eigenvalue weighted by atomic mass is 9.76. The number of allylic oxidation sites excluding steroid dienone is 1. The third-order valence-electron chi connectivity index (χ3n) is 3.88. The summed E-state index contributed by atoms with van der Waals surface area (Å²) >= 11 is 0. The van der Waals surface area contributed by atoms with E-state index in [9.17, 15) is 13.2 Å². The van der Waals surface area contributed by atoms with Crippen molar-refractivity contribution in [2.24, 2.45) is 5.92 Å². The van der Waals surface area contributed by atoms with Crippen LogP contribution >= 0.6 is 0 Å². The number of rotatable bonds is 2. The molecule has 1 aliphatic carbocycles. The number of halogens is 3. The van der Waals surface area contributed by atoms with Crippen LogP contribution in [-0.4, -0.2) is 0 Å². The van der Waals surface area contributed by atoms with Gasteiger partial charge < -0.3 is 0 Å². The van der Waals surface area contributed by atoms with Crippen LogP contribution in [0.1, 0.15) is 44.1 Å². The van der Waals surface area contributed by atoms with Gasteiger partial charge >= 0.3 is 0 Å². The van der Waals surface area contributed by atoms with Gasteiger partial charge in [-0.25, -0.2) is 13.2 Å². The van der Waals surface area contributed by atoms with Gasteiger partial charge in [0.05, 0.1) is 0 Å². The van der Waals surface area contributed by atoms with Gasteiger partial charge in [-0.3, -0.25) is 0 Å². The standard InChI is InChI=1S/C15H17F3/c1-9(2)10-3-5-11(6-4-10)15-13(17)7-12(16)8-14(15)18/h7-8,10-11H,1,3-6H2,2H3. The number of hydrogen-bond donors (Lipinski definition) is 0. The Labute approximate surface area is 106 Å². The lowest BCUT2D eigenvalue weighted by molar-refractivity contribution is 0.348.